The van der Waals surface area contributed by atoms with Crippen molar-refractivity contribution >= 4 is 21.7 Å². The third kappa shape index (κ3) is 3.17. The Bertz CT molecular complexity index is 420. The van der Waals surface area contributed by atoms with E-state index in [1.54, 1.807) is 13.0 Å². The van der Waals surface area contributed by atoms with E-state index in [1.807, 2.05) is 19.1 Å². The highest BCUT2D eigenvalue weighted by molar-refractivity contribution is 9.10. The third-order valence-corrected chi connectivity index (χ3v) is 3.29. The van der Waals surface area contributed by atoms with Gasteiger partial charge in [-0.1, -0.05) is 22.0 Å². The molecule has 0 aliphatic heterocycles. The zero-order chi connectivity index (χ0) is 11.4. The number of aryl methyl sites for hydroxylation is 1. The maximum Gasteiger partial charge on any atom is 0.143 e. The Morgan fingerprint density at radius 3 is 2.80 bits per heavy atom. The Hall–Kier alpha value is -1.14. The van der Waals surface area contributed by atoms with Crippen LogP contribution >= 0.6 is 15.9 Å². The Balaban J connectivity index is 2.94. The number of benzene rings is 1. The van der Waals surface area contributed by atoms with Crippen molar-refractivity contribution in [2.45, 2.75) is 25.1 Å². The fraction of sp³-hybridized carbons (Fsp3) is 0.333. The van der Waals surface area contributed by atoms with Crippen LogP contribution in [-0.4, -0.2) is 10.6 Å². The van der Waals surface area contributed by atoms with Crippen LogP contribution in [0.4, 0.5) is 0 Å². The van der Waals surface area contributed by atoms with E-state index in [-0.39, 0.29) is 10.6 Å². The summed E-state index contributed by atoms with van der Waals surface area (Å²) in [5.74, 6) is 0.108. The molecule has 1 unspecified atom stereocenters. The van der Waals surface area contributed by atoms with Crippen LogP contribution in [0.3, 0.4) is 0 Å². The summed E-state index contributed by atoms with van der Waals surface area (Å²) in [6.07, 6.45) is 0.636. The Morgan fingerprint density at radius 2 is 2.27 bits per heavy atom. The minimum atomic E-state index is -0.162. The lowest BCUT2D eigenvalue weighted by Gasteiger charge is -2.09. The van der Waals surface area contributed by atoms with Crippen molar-refractivity contribution in [1.82, 2.24) is 0 Å². The number of ketones is 1. The van der Waals surface area contributed by atoms with Crippen molar-refractivity contribution in [2.24, 2.45) is 0 Å². The van der Waals surface area contributed by atoms with Gasteiger partial charge in [-0.3, -0.25) is 4.79 Å². The molecule has 0 saturated carbocycles. The molecule has 0 aromatic heterocycles. The summed E-state index contributed by atoms with van der Waals surface area (Å²) in [5, 5.41) is 8.77. The van der Waals surface area contributed by atoms with Crippen LogP contribution in [0.2, 0.25) is 0 Å². The van der Waals surface area contributed by atoms with Gasteiger partial charge in [-0.05, 0) is 43.5 Å². The quantitative estimate of drug-likeness (QED) is 0.789. The average Bonchev–Trinajstić information content (AvgIpc) is 2.21. The number of hydrogen-bond acceptors (Lipinski definition) is 2. The number of nitriles is 1. The van der Waals surface area contributed by atoms with Crippen LogP contribution in [0.25, 0.3) is 0 Å². The fourth-order valence-corrected chi connectivity index (χ4v) is 1.65. The van der Waals surface area contributed by atoms with Gasteiger partial charge in [0.2, 0.25) is 0 Å². The molecule has 0 saturated heterocycles. The molecule has 0 amide bonds. The van der Waals surface area contributed by atoms with Crippen molar-refractivity contribution in [3.8, 4) is 6.07 Å². The minimum Gasteiger partial charge on any atom is -0.299 e. The monoisotopic (exact) mass is 265 g/mol. The first-order valence-electron chi connectivity index (χ1n) is 4.68. The second kappa shape index (κ2) is 5.09. The van der Waals surface area contributed by atoms with E-state index in [1.165, 1.54) is 0 Å². The number of halogens is 1. The first-order valence-corrected chi connectivity index (χ1v) is 5.60. The highest BCUT2D eigenvalue weighted by atomic mass is 79.9. The molecule has 1 atom stereocenters. The molecule has 0 N–H and O–H groups in total. The highest BCUT2D eigenvalue weighted by Crippen LogP contribution is 2.16. The molecule has 2 nitrogen and oxygen atoms in total. The molecule has 1 rings (SSSR count). The molecule has 0 heterocycles. The van der Waals surface area contributed by atoms with Gasteiger partial charge in [0.15, 0.2) is 0 Å². The number of Topliss-reactive ketones (excluding diaryl/α,β-unsaturated/α-hetero) is 1. The summed E-state index contributed by atoms with van der Waals surface area (Å²) in [5.41, 5.74) is 2.80. The van der Waals surface area contributed by atoms with Crippen molar-refractivity contribution in [1.29, 1.82) is 5.26 Å². The molecule has 78 valence electrons. The topological polar surface area (TPSA) is 40.9 Å². The van der Waals surface area contributed by atoms with Gasteiger partial charge in [-0.15, -0.1) is 0 Å². The van der Waals surface area contributed by atoms with Gasteiger partial charge in [0.25, 0.3) is 0 Å². The highest BCUT2D eigenvalue weighted by Gasteiger charge is 2.12. The Morgan fingerprint density at radius 1 is 1.60 bits per heavy atom. The lowest BCUT2D eigenvalue weighted by molar-refractivity contribution is -0.116. The Labute approximate surface area is 98.0 Å². The van der Waals surface area contributed by atoms with Crippen molar-refractivity contribution in [3.63, 3.8) is 0 Å². The zero-order valence-electron chi connectivity index (χ0n) is 8.75. The number of rotatable bonds is 3. The third-order valence-electron chi connectivity index (χ3n) is 2.32. The molecule has 0 bridgehead atoms. The molecular weight excluding hydrogens is 254 g/mol. The van der Waals surface area contributed by atoms with Crippen LogP contribution in [0, 0.1) is 18.3 Å². The molecule has 15 heavy (non-hydrogen) atoms. The smallest absolute Gasteiger partial charge is 0.143 e. The summed E-state index contributed by atoms with van der Waals surface area (Å²) in [7, 11) is 0. The second-order valence-electron chi connectivity index (χ2n) is 3.54. The molecule has 0 aliphatic rings. The molecule has 0 fully saturated rings. The second-order valence-corrected chi connectivity index (χ2v) is 4.64. The van der Waals surface area contributed by atoms with Crippen LogP contribution in [-0.2, 0) is 11.2 Å². The molecular formula is C12H12BrNO. The molecule has 1 aromatic carbocycles. The molecule has 0 spiro atoms. The van der Waals surface area contributed by atoms with E-state index in [2.05, 4.69) is 22.0 Å². The average molecular weight is 266 g/mol. The SMILES string of the molecule is CC(=O)C(Br)Cc1cc(C#N)ccc1C. The van der Waals surface area contributed by atoms with Gasteiger partial charge in [-0.25, -0.2) is 0 Å². The molecule has 1 aromatic rings. The predicted molar refractivity (Wildman–Crippen MR) is 63.0 cm³/mol. The Kier molecular flexibility index (Phi) is 4.05. The maximum atomic E-state index is 11.1. The molecule has 0 radical (unpaired) electrons. The van der Waals surface area contributed by atoms with Crippen molar-refractivity contribution in [2.75, 3.05) is 0 Å². The van der Waals surface area contributed by atoms with E-state index in [4.69, 9.17) is 5.26 Å². The first kappa shape index (κ1) is 11.9. The minimum absolute atomic E-state index is 0.108. The number of nitrogens with zero attached hydrogens (tertiary/aromatic N) is 1. The van der Waals surface area contributed by atoms with E-state index >= 15 is 0 Å². The predicted octanol–water partition coefficient (Wildman–Crippen LogP) is 2.76. The van der Waals surface area contributed by atoms with Gasteiger partial charge >= 0.3 is 0 Å². The summed E-state index contributed by atoms with van der Waals surface area (Å²) < 4.78 is 0. The largest absolute Gasteiger partial charge is 0.299 e. The van der Waals surface area contributed by atoms with Crippen molar-refractivity contribution < 1.29 is 4.79 Å². The number of hydrogen-bond donors (Lipinski definition) is 0. The molecule has 3 heteroatoms. The normalized spacial score (nSPS) is 11.9. The van der Waals surface area contributed by atoms with Crippen LogP contribution in [0.15, 0.2) is 18.2 Å². The lowest BCUT2D eigenvalue weighted by atomic mass is 10.0. The van der Waals surface area contributed by atoms with Gasteiger partial charge in [0, 0.05) is 0 Å². The van der Waals surface area contributed by atoms with E-state index < -0.39 is 0 Å². The van der Waals surface area contributed by atoms with Crippen LogP contribution in [0.5, 0.6) is 0 Å². The standard InChI is InChI=1S/C12H12BrNO/c1-8-3-4-10(7-14)5-11(8)6-12(13)9(2)15/h3-5,12H,6H2,1-2H3. The van der Waals surface area contributed by atoms with Crippen molar-refractivity contribution in [3.05, 3.63) is 34.9 Å². The summed E-state index contributed by atoms with van der Waals surface area (Å²) >= 11 is 3.33. The van der Waals surface area contributed by atoms with E-state index in [9.17, 15) is 4.79 Å². The number of alkyl halides is 1. The van der Waals surface area contributed by atoms with Gasteiger partial charge in [0.05, 0.1) is 16.5 Å². The van der Waals surface area contributed by atoms with Crippen LogP contribution in [0.1, 0.15) is 23.6 Å². The maximum absolute atomic E-state index is 11.1. The van der Waals surface area contributed by atoms with E-state index in [0.717, 1.165) is 11.1 Å². The summed E-state index contributed by atoms with van der Waals surface area (Å²) in [6.45, 7) is 3.54. The van der Waals surface area contributed by atoms with Gasteiger partial charge in [-0.2, -0.15) is 5.26 Å². The first-order chi connectivity index (χ1) is 7.04. The fourth-order valence-electron chi connectivity index (χ4n) is 1.30. The summed E-state index contributed by atoms with van der Waals surface area (Å²) in [4.78, 5) is 10.9. The summed E-state index contributed by atoms with van der Waals surface area (Å²) in [6, 6.07) is 7.63. The lowest BCUT2D eigenvalue weighted by Crippen LogP contribution is -2.13. The number of carbonyl (C=O) groups is 1. The van der Waals surface area contributed by atoms with Gasteiger partial charge in [0.1, 0.15) is 5.78 Å². The molecule has 0 aliphatic carbocycles. The number of carbonyl (C=O) groups excluding carboxylic acids is 1. The van der Waals surface area contributed by atoms with Crippen LogP contribution < -0.4 is 0 Å². The zero-order valence-corrected chi connectivity index (χ0v) is 10.3. The van der Waals surface area contributed by atoms with E-state index in [0.29, 0.717) is 12.0 Å². The van der Waals surface area contributed by atoms with Gasteiger partial charge < -0.3 is 0 Å².